The number of fused-ring (bicyclic) bond motifs is 1. The molecule has 1 aromatic heterocycles. The molecule has 1 amide bonds. The molecule has 0 unspecified atom stereocenters. The van der Waals surface area contributed by atoms with E-state index in [9.17, 15) is 23.3 Å². The fourth-order valence-electron chi connectivity index (χ4n) is 3.76. The minimum absolute atomic E-state index is 0.0793. The van der Waals surface area contributed by atoms with Crippen molar-refractivity contribution < 1.29 is 13.2 Å². The second-order valence-electron chi connectivity index (χ2n) is 7.76. The third kappa shape index (κ3) is 4.87. The van der Waals surface area contributed by atoms with Gasteiger partial charge in [0, 0.05) is 29.9 Å². The molecule has 1 aliphatic rings. The van der Waals surface area contributed by atoms with Gasteiger partial charge in [-0.1, -0.05) is 30.7 Å². The van der Waals surface area contributed by atoms with Gasteiger partial charge < -0.3 is 10.3 Å². The number of nitrogens with zero attached hydrogens (tertiary/aromatic N) is 2. The molecule has 0 atom stereocenters. The average molecular weight is 463 g/mol. The molecule has 0 radical (unpaired) electrons. The summed E-state index contributed by atoms with van der Waals surface area (Å²) in [6, 6.07) is 16.5. The Kier molecular flexibility index (Phi) is 6.40. The SMILES string of the molecule is N#CC(=Cc1cc2ccccc2[nH]c1=O)C(=O)Nc1cccc(S(=O)(=O)N2CCCCC2)c1. The van der Waals surface area contributed by atoms with Crippen molar-refractivity contribution in [2.45, 2.75) is 24.2 Å². The minimum Gasteiger partial charge on any atom is -0.321 e. The van der Waals surface area contributed by atoms with E-state index >= 15 is 0 Å². The number of rotatable bonds is 5. The van der Waals surface area contributed by atoms with Crippen LogP contribution in [-0.4, -0.2) is 36.7 Å². The molecule has 2 N–H and O–H groups in total. The van der Waals surface area contributed by atoms with Crippen molar-refractivity contribution in [3.8, 4) is 6.07 Å². The number of carbonyl (C=O) groups is 1. The fourth-order valence-corrected chi connectivity index (χ4v) is 5.33. The molecule has 1 fully saturated rings. The van der Waals surface area contributed by atoms with Crippen molar-refractivity contribution in [1.29, 1.82) is 5.26 Å². The number of pyridine rings is 1. The molecule has 0 saturated carbocycles. The lowest BCUT2D eigenvalue weighted by molar-refractivity contribution is -0.112. The number of aromatic nitrogens is 1. The van der Waals surface area contributed by atoms with Crippen molar-refractivity contribution in [2.24, 2.45) is 0 Å². The second-order valence-corrected chi connectivity index (χ2v) is 9.70. The van der Waals surface area contributed by atoms with Crippen LogP contribution in [0.3, 0.4) is 0 Å². The lowest BCUT2D eigenvalue weighted by Crippen LogP contribution is -2.35. The molecule has 1 saturated heterocycles. The molecule has 2 heterocycles. The van der Waals surface area contributed by atoms with Crippen molar-refractivity contribution in [2.75, 3.05) is 18.4 Å². The zero-order valence-corrected chi connectivity index (χ0v) is 18.6. The highest BCUT2D eigenvalue weighted by Crippen LogP contribution is 2.23. The summed E-state index contributed by atoms with van der Waals surface area (Å²) >= 11 is 0. The molecular formula is C24H22N4O4S. The maximum atomic E-state index is 12.9. The summed E-state index contributed by atoms with van der Waals surface area (Å²) in [6.07, 6.45) is 3.86. The number of nitrogens with one attached hydrogen (secondary N) is 2. The Morgan fingerprint density at radius 3 is 2.58 bits per heavy atom. The standard InChI is InChI=1S/C24H22N4O4S/c25-16-19(14-18-13-17-7-2-3-10-22(17)27-23(18)29)24(30)26-20-8-6-9-21(15-20)33(31,32)28-11-4-1-5-12-28/h2-3,6-10,13-15H,1,4-5,11-12H2,(H,26,30)(H,27,29). The van der Waals surface area contributed by atoms with E-state index in [1.54, 1.807) is 24.3 Å². The highest BCUT2D eigenvalue weighted by molar-refractivity contribution is 7.89. The summed E-state index contributed by atoms with van der Waals surface area (Å²) < 4.78 is 27.3. The molecule has 0 spiro atoms. The predicted molar refractivity (Wildman–Crippen MR) is 126 cm³/mol. The van der Waals surface area contributed by atoms with E-state index in [1.165, 1.54) is 28.6 Å². The summed E-state index contributed by atoms with van der Waals surface area (Å²) in [5.41, 5.74) is 0.353. The number of hydrogen-bond donors (Lipinski definition) is 2. The summed E-state index contributed by atoms with van der Waals surface area (Å²) in [6.45, 7) is 0.946. The summed E-state index contributed by atoms with van der Waals surface area (Å²) in [5, 5.41) is 12.8. The number of piperidine rings is 1. The van der Waals surface area contributed by atoms with Gasteiger partial charge >= 0.3 is 0 Å². The largest absolute Gasteiger partial charge is 0.321 e. The Morgan fingerprint density at radius 1 is 1.06 bits per heavy atom. The van der Waals surface area contributed by atoms with Gasteiger partial charge in [-0.15, -0.1) is 0 Å². The van der Waals surface area contributed by atoms with Crippen LogP contribution in [-0.2, 0) is 14.8 Å². The van der Waals surface area contributed by atoms with Crippen LogP contribution in [0.4, 0.5) is 5.69 Å². The van der Waals surface area contributed by atoms with Gasteiger partial charge in [-0.3, -0.25) is 9.59 Å². The summed E-state index contributed by atoms with van der Waals surface area (Å²) in [4.78, 5) is 27.9. The van der Waals surface area contributed by atoms with Crippen molar-refractivity contribution in [3.05, 3.63) is 76.1 Å². The predicted octanol–water partition coefficient (Wildman–Crippen LogP) is 3.25. The topological polar surface area (TPSA) is 123 Å². The van der Waals surface area contributed by atoms with Crippen LogP contribution >= 0.6 is 0 Å². The Bertz CT molecular complexity index is 1450. The minimum atomic E-state index is -3.66. The lowest BCUT2D eigenvalue weighted by Gasteiger charge is -2.26. The second kappa shape index (κ2) is 9.40. The first kappa shape index (κ1) is 22.5. The fraction of sp³-hybridized carbons (Fsp3) is 0.208. The Morgan fingerprint density at radius 2 is 1.82 bits per heavy atom. The maximum absolute atomic E-state index is 12.9. The number of anilines is 1. The van der Waals surface area contributed by atoms with Crippen LogP contribution in [0.2, 0.25) is 0 Å². The molecular weight excluding hydrogens is 440 g/mol. The van der Waals surface area contributed by atoms with Gasteiger partial charge in [0.2, 0.25) is 10.0 Å². The maximum Gasteiger partial charge on any atom is 0.266 e. The third-order valence-electron chi connectivity index (χ3n) is 5.49. The number of aromatic amines is 1. The monoisotopic (exact) mass is 462 g/mol. The lowest BCUT2D eigenvalue weighted by atomic mass is 10.1. The molecule has 168 valence electrons. The van der Waals surface area contributed by atoms with Crippen LogP contribution < -0.4 is 10.9 Å². The van der Waals surface area contributed by atoms with Gasteiger partial charge in [0.15, 0.2) is 0 Å². The quantitative estimate of drug-likeness (QED) is 0.445. The molecule has 2 aromatic carbocycles. The number of H-pyrrole nitrogens is 1. The summed E-state index contributed by atoms with van der Waals surface area (Å²) in [7, 11) is -3.66. The molecule has 3 aromatic rings. The van der Waals surface area contributed by atoms with Gasteiger partial charge in [0.05, 0.1) is 4.90 Å². The number of benzene rings is 2. The van der Waals surface area contributed by atoms with Crippen LogP contribution in [0.1, 0.15) is 24.8 Å². The zero-order valence-electron chi connectivity index (χ0n) is 17.7. The third-order valence-corrected chi connectivity index (χ3v) is 7.39. The van der Waals surface area contributed by atoms with Crippen molar-refractivity contribution in [1.82, 2.24) is 9.29 Å². The number of para-hydroxylation sites is 1. The van der Waals surface area contributed by atoms with Gasteiger partial charge in [-0.05, 0) is 54.6 Å². The molecule has 9 heteroatoms. The normalized spacial score (nSPS) is 15.2. The van der Waals surface area contributed by atoms with Crippen LogP contribution in [0, 0.1) is 11.3 Å². The Hall–Kier alpha value is -3.74. The van der Waals surface area contributed by atoms with Gasteiger partial charge in [0.1, 0.15) is 11.6 Å². The highest BCUT2D eigenvalue weighted by Gasteiger charge is 2.26. The van der Waals surface area contributed by atoms with Gasteiger partial charge in [0.25, 0.3) is 11.5 Å². The number of sulfonamides is 1. The molecule has 0 bridgehead atoms. The molecule has 8 nitrogen and oxygen atoms in total. The number of amides is 1. The smallest absolute Gasteiger partial charge is 0.266 e. The van der Waals surface area contributed by atoms with Crippen LogP contribution in [0.15, 0.2) is 69.9 Å². The first-order valence-electron chi connectivity index (χ1n) is 10.5. The Balaban J connectivity index is 1.59. The van der Waals surface area contributed by atoms with Crippen LogP contribution in [0.5, 0.6) is 0 Å². The van der Waals surface area contributed by atoms with Crippen LogP contribution in [0.25, 0.3) is 17.0 Å². The van der Waals surface area contributed by atoms with Gasteiger partial charge in [-0.25, -0.2) is 8.42 Å². The van der Waals surface area contributed by atoms with E-state index in [4.69, 9.17) is 0 Å². The first-order valence-corrected chi connectivity index (χ1v) is 12.0. The highest BCUT2D eigenvalue weighted by atomic mass is 32.2. The van der Waals surface area contributed by atoms with E-state index < -0.39 is 21.5 Å². The number of nitriles is 1. The van der Waals surface area contributed by atoms with E-state index in [2.05, 4.69) is 10.3 Å². The van der Waals surface area contributed by atoms with E-state index in [0.29, 0.717) is 18.6 Å². The van der Waals surface area contributed by atoms with Crippen molar-refractivity contribution >= 4 is 38.6 Å². The molecule has 33 heavy (non-hydrogen) atoms. The molecule has 0 aliphatic carbocycles. The number of carbonyl (C=O) groups excluding carboxylic acids is 1. The van der Waals surface area contributed by atoms with E-state index in [0.717, 1.165) is 24.6 Å². The molecule has 1 aliphatic heterocycles. The Labute approximate surface area is 191 Å². The summed E-state index contributed by atoms with van der Waals surface area (Å²) in [5.74, 6) is -0.738. The van der Waals surface area contributed by atoms with Gasteiger partial charge in [-0.2, -0.15) is 9.57 Å². The molecule has 4 rings (SSSR count). The zero-order chi connectivity index (χ0) is 23.4. The average Bonchev–Trinajstić information content (AvgIpc) is 2.83. The number of hydrogen-bond acceptors (Lipinski definition) is 5. The van der Waals surface area contributed by atoms with Crippen molar-refractivity contribution in [3.63, 3.8) is 0 Å². The van der Waals surface area contributed by atoms with E-state index in [-0.39, 0.29) is 21.7 Å². The van der Waals surface area contributed by atoms with E-state index in [1.807, 2.05) is 18.2 Å². The first-order chi connectivity index (χ1) is 15.9.